The van der Waals surface area contributed by atoms with Crippen LogP contribution in [0.15, 0.2) is 42.6 Å². The van der Waals surface area contributed by atoms with Gasteiger partial charge in [-0.1, -0.05) is 6.07 Å². The maximum Gasteiger partial charge on any atom is 0.130 e. The Morgan fingerprint density at radius 1 is 1.17 bits per heavy atom. The first-order valence-corrected chi connectivity index (χ1v) is 6.18. The van der Waals surface area contributed by atoms with E-state index < -0.39 is 0 Å². The van der Waals surface area contributed by atoms with E-state index >= 15 is 0 Å². The maximum absolute atomic E-state index is 5.79. The second-order valence-corrected chi connectivity index (χ2v) is 4.38. The summed E-state index contributed by atoms with van der Waals surface area (Å²) in [5.41, 5.74) is 1.90. The predicted octanol–water partition coefficient (Wildman–Crippen LogP) is 3.68. The van der Waals surface area contributed by atoms with E-state index in [-0.39, 0.29) is 0 Å². The Morgan fingerprint density at radius 2 is 1.94 bits per heavy atom. The Labute approximate surface area is 112 Å². The fraction of sp³-hybridized carbons (Fsp3) is 0.214. The second-order valence-electron chi connectivity index (χ2n) is 4.11. The normalized spacial score (nSPS) is 10.2. The molecule has 2 rings (SSSR count). The lowest BCUT2D eigenvalue weighted by Crippen LogP contribution is -2.08. The SMILES string of the molecule is CN(C)c1cccc(Oc2ccnc(CCl)c2)c1. The van der Waals surface area contributed by atoms with Gasteiger partial charge < -0.3 is 9.64 Å². The van der Waals surface area contributed by atoms with E-state index in [9.17, 15) is 0 Å². The van der Waals surface area contributed by atoms with Crippen molar-refractivity contribution >= 4 is 17.3 Å². The number of hydrogen-bond donors (Lipinski definition) is 0. The highest BCUT2D eigenvalue weighted by Crippen LogP contribution is 2.25. The molecular formula is C14H15ClN2O. The van der Waals surface area contributed by atoms with Crippen molar-refractivity contribution in [3.8, 4) is 11.5 Å². The summed E-state index contributed by atoms with van der Waals surface area (Å²) in [5.74, 6) is 1.93. The van der Waals surface area contributed by atoms with Gasteiger partial charge in [-0.15, -0.1) is 11.6 Å². The van der Waals surface area contributed by atoms with Crippen LogP contribution in [0.1, 0.15) is 5.69 Å². The van der Waals surface area contributed by atoms with Gasteiger partial charge in [-0.05, 0) is 18.2 Å². The maximum atomic E-state index is 5.79. The zero-order valence-electron chi connectivity index (χ0n) is 10.4. The van der Waals surface area contributed by atoms with Gasteiger partial charge in [-0.2, -0.15) is 0 Å². The van der Waals surface area contributed by atoms with Gasteiger partial charge in [0.15, 0.2) is 0 Å². The summed E-state index contributed by atoms with van der Waals surface area (Å²) in [6.07, 6.45) is 1.70. The minimum Gasteiger partial charge on any atom is -0.457 e. The molecule has 0 spiro atoms. The number of pyridine rings is 1. The van der Waals surface area contributed by atoms with E-state index in [1.54, 1.807) is 6.20 Å². The molecule has 94 valence electrons. The first-order valence-electron chi connectivity index (χ1n) is 5.65. The van der Waals surface area contributed by atoms with E-state index in [0.717, 1.165) is 22.9 Å². The standard InChI is InChI=1S/C14H15ClN2O/c1-17(2)12-4-3-5-13(9-12)18-14-6-7-16-11(8-14)10-15/h3-9H,10H2,1-2H3. The summed E-state index contributed by atoms with van der Waals surface area (Å²) in [6.45, 7) is 0. The summed E-state index contributed by atoms with van der Waals surface area (Å²) in [4.78, 5) is 6.16. The van der Waals surface area contributed by atoms with Gasteiger partial charge in [0.25, 0.3) is 0 Å². The van der Waals surface area contributed by atoms with Gasteiger partial charge >= 0.3 is 0 Å². The Balaban J connectivity index is 2.20. The van der Waals surface area contributed by atoms with E-state index in [1.807, 2.05) is 55.4 Å². The number of nitrogens with zero attached hydrogens (tertiary/aromatic N) is 2. The van der Waals surface area contributed by atoms with Crippen LogP contribution in [-0.2, 0) is 5.88 Å². The lowest BCUT2D eigenvalue weighted by Gasteiger charge is -2.14. The monoisotopic (exact) mass is 262 g/mol. The van der Waals surface area contributed by atoms with Crippen molar-refractivity contribution in [2.75, 3.05) is 19.0 Å². The number of aromatic nitrogens is 1. The smallest absolute Gasteiger partial charge is 0.130 e. The zero-order chi connectivity index (χ0) is 13.0. The van der Waals surface area contributed by atoms with Crippen molar-refractivity contribution in [2.24, 2.45) is 0 Å². The van der Waals surface area contributed by atoms with E-state index in [2.05, 4.69) is 4.98 Å². The van der Waals surface area contributed by atoms with Crippen LogP contribution in [0.5, 0.6) is 11.5 Å². The molecule has 0 amide bonds. The molecule has 0 atom stereocenters. The highest BCUT2D eigenvalue weighted by molar-refractivity contribution is 6.16. The highest BCUT2D eigenvalue weighted by Gasteiger charge is 2.01. The minimum absolute atomic E-state index is 0.384. The molecule has 0 saturated carbocycles. The number of ether oxygens (including phenoxy) is 1. The molecule has 4 heteroatoms. The number of halogens is 1. The van der Waals surface area contributed by atoms with Crippen molar-refractivity contribution in [2.45, 2.75) is 5.88 Å². The molecule has 0 radical (unpaired) electrons. The number of hydrogen-bond acceptors (Lipinski definition) is 3. The van der Waals surface area contributed by atoms with Crippen LogP contribution in [0.25, 0.3) is 0 Å². The molecule has 0 fully saturated rings. The third-order valence-electron chi connectivity index (χ3n) is 2.49. The molecule has 0 unspecified atom stereocenters. The highest BCUT2D eigenvalue weighted by atomic mass is 35.5. The number of alkyl halides is 1. The van der Waals surface area contributed by atoms with Crippen LogP contribution in [0.3, 0.4) is 0 Å². The fourth-order valence-corrected chi connectivity index (χ4v) is 1.70. The number of anilines is 1. The van der Waals surface area contributed by atoms with Crippen LogP contribution in [-0.4, -0.2) is 19.1 Å². The van der Waals surface area contributed by atoms with Gasteiger partial charge in [0.2, 0.25) is 0 Å². The summed E-state index contributed by atoms with van der Waals surface area (Å²) in [6, 6.07) is 11.6. The fourth-order valence-electron chi connectivity index (χ4n) is 1.55. The molecule has 1 heterocycles. The van der Waals surface area contributed by atoms with Crippen LogP contribution < -0.4 is 9.64 Å². The summed E-state index contributed by atoms with van der Waals surface area (Å²) < 4.78 is 5.79. The summed E-state index contributed by atoms with van der Waals surface area (Å²) >= 11 is 5.74. The Kier molecular flexibility index (Phi) is 4.05. The first-order chi connectivity index (χ1) is 8.69. The molecule has 18 heavy (non-hydrogen) atoms. The Bertz CT molecular complexity index is 529. The van der Waals surface area contributed by atoms with Crippen molar-refractivity contribution in [3.63, 3.8) is 0 Å². The van der Waals surface area contributed by atoms with Crippen molar-refractivity contribution in [1.29, 1.82) is 0 Å². The van der Waals surface area contributed by atoms with Crippen LogP contribution >= 0.6 is 11.6 Å². The Morgan fingerprint density at radius 3 is 2.67 bits per heavy atom. The minimum atomic E-state index is 0.384. The molecule has 0 saturated heterocycles. The van der Waals surface area contributed by atoms with Gasteiger partial charge in [-0.25, -0.2) is 0 Å². The van der Waals surface area contributed by atoms with E-state index in [1.165, 1.54) is 0 Å². The van der Waals surface area contributed by atoms with Gasteiger partial charge in [-0.3, -0.25) is 4.98 Å². The molecule has 0 aliphatic heterocycles. The van der Waals surface area contributed by atoms with E-state index in [4.69, 9.17) is 16.3 Å². The molecular weight excluding hydrogens is 248 g/mol. The second kappa shape index (κ2) is 5.74. The molecule has 3 nitrogen and oxygen atoms in total. The largest absolute Gasteiger partial charge is 0.457 e. The molecule has 2 aromatic rings. The molecule has 0 bridgehead atoms. The molecule has 0 aliphatic rings. The molecule has 1 aromatic heterocycles. The van der Waals surface area contributed by atoms with Crippen LogP contribution in [0.4, 0.5) is 5.69 Å². The van der Waals surface area contributed by atoms with Crippen molar-refractivity contribution in [3.05, 3.63) is 48.3 Å². The van der Waals surface area contributed by atoms with Gasteiger partial charge in [0, 0.05) is 38.1 Å². The summed E-state index contributed by atoms with van der Waals surface area (Å²) in [7, 11) is 3.99. The molecule has 0 N–H and O–H groups in total. The quantitative estimate of drug-likeness (QED) is 0.786. The van der Waals surface area contributed by atoms with E-state index in [0.29, 0.717) is 5.88 Å². The number of benzene rings is 1. The lowest BCUT2D eigenvalue weighted by molar-refractivity contribution is 0.481. The predicted molar refractivity (Wildman–Crippen MR) is 74.6 cm³/mol. The van der Waals surface area contributed by atoms with Gasteiger partial charge in [0.1, 0.15) is 11.5 Å². The zero-order valence-corrected chi connectivity index (χ0v) is 11.2. The summed E-state index contributed by atoms with van der Waals surface area (Å²) in [5, 5.41) is 0. The first kappa shape index (κ1) is 12.7. The average molecular weight is 263 g/mol. The van der Waals surface area contributed by atoms with Gasteiger partial charge in [0.05, 0.1) is 11.6 Å². The third kappa shape index (κ3) is 3.14. The number of rotatable bonds is 4. The topological polar surface area (TPSA) is 25.4 Å². The molecule has 0 aliphatic carbocycles. The third-order valence-corrected chi connectivity index (χ3v) is 2.77. The van der Waals surface area contributed by atoms with Crippen molar-refractivity contribution < 1.29 is 4.74 Å². The van der Waals surface area contributed by atoms with Crippen molar-refractivity contribution in [1.82, 2.24) is 4.98 Å². The molecule has 1 aromatic carbocycles. The Hall–Kier alpha value is -1.74. The lowest BCUT2D eigenvalue weighted by atomic mass is 10.3. The van der Waals surface area contributed by atoms with Crippen LogP contribution in [0, 0.1) is 0 Å². The van der Waals surface area contributed by atoms with Crippen LogP contribution in [0.2, 0.25) is 0 Å². The average Bonchev–Trinajstić information content (AvgIpc) is 2.39.